The molecule has 0 aliphatic heterocycles. The van der Waals surface area contributed by atoms with Crippen molar-refractivity contribution in [1.29, 1.82) is 5.26 Å². The lowest BCUT2D eigenvalue weighted by Gasteiger charge is -2.26. The smallest absolute Gasteiger partial charge is 0.328 e. The van der Waals surface area contributed by atoms with Crippen molar-refractivity contribution in [3.8, 4) is 17.2 Å². The summed E-state index contributed by atoms with van der Waals surface area (Å²) in [4.78, 5) is 28.3. The number of para-hydroxylation sites is 1. The second kappa shape index (κ2) is 14.9. The van der Waals surface area contributed by atoms with Gasteiger partial charge in [-0.1, -0.05) is 60.7 Å². The highest BCUT2D eigenvalue weighted by Crippen LogP contribution is 2.30. The Balaban J connectivity index is 1.70. The van der Waals surface area contributed by atoms with Gasteiger partial charge in [-0.2, -0.15) is 17.0 Å². The number of aryl methyl sites for hydroxylation is 1. The van der Waals surface area contributed by atoms with Gasteiger partial charge in [-0.15, -0.1) is 0 Å². The van der Waals surface area contributed by atoms with Crippen LogP contribution in [-0.4, -0.2) is 37.0 Å². The molecule has 7 heteroatoms. The molecule has 0 spiro atoms. The Bertz CT molecular complexity index is 1550. The van der Waals surface area contributed by atoms with E-state index in [0.717, 1.165) is 39.3 Å². The summed E-state index contributed by atoms with van der Waals surface area (Å²) in [5, 5.41) is 12.1. The van der Waals surface area contributed by atoms with Crippen molar-refractivity contribution < 1.29 is 14.3 Å². The van der Waals surface area contributed by atoms with Gasteiger partial charge in [0.1, 0.15) is 6.04 Å². The summed E-state index contributed by atoms with van der Waals surface area (Å²) in [7, 11) is 1.34. The number of thioether (sulfide) groups is 1. The number of carbonyl (C=O) groups excluding carboxylic acids is 2. The Labute approximate surface area is 252 Å². The van der Waals surface area contributed by atoms with Gasteiger partial charge in [-0.25, -0.2) is 4.79 Å². The Hall–Kier alpha value is -4.54. The SMILES string of the molecule is COC(=O)[C@H](CCSC)NC(=O)c1ccc(CN(Cc2ccc(C#N)cc2)c2ccccc2)cc1-c1ccccc1C. The number of nitrogens with one attached hydrogen (secondary N) is 1. The highest BCUT2D eigenvalue weighted by molar-refractivity contribution is 7.98. The zero-order valence-corrected chi connectivity index (χ0v) is 25.0. The van der Waals surface area contributed by atoms with E-state index in [2.05, 4.69) is 34.5 Å². The quantitative estimate of drug-likeness (QED) is 0.187. The van der Waals surface area contributed by atoms with Crippen LogP contribution in [0.4, 0.5) is 5.69 Å². The van der Waals surface area contributed by atoms with Crippen LogP contribution in [0.5, 0.6) is 0 Å². The third-order valence-corrected chi connectivity index (χ3v) is 7.76. The number of benzene rings is 4. The number of nitrogens with zero attached hydrogens (tertiary/aromatic N) is 2. The molecule has 214 valence electrons. The van der Waals surface area contributed by atoms with Gasteiger partial charge in [0.2, 0.25) is 0 Å². The standard InChI is InChI=1S/C35H35N3O3S/c1-25-9-7-8-12-30(25)32-21-28(17-18-31(32)34(39)37-33(19-20-42-3)35(40)41-2)24-38(29-10-5-4-6-11-29)23-27-15-13-26(22-36)14-16-27/h4-18,21,33H,19-20,23-24H2,1-3H3,(H,37,39)/t33-/m0/s1. The van der Waals surface area contributed by atoms with Crippen LogP contribution in [0.15, 0.2) is 97.1 Å². The van der Waals surface area contributed by atoms with Gasteiger partial charge in [0.05, 0.1) is 18.7 Å². The van der Waals surface area contributed by atoms with E-state index in [0.29, 0.717) is 30.6 Å². The lowest BCUT2D eigenvalue weighted by molar-refractivity contribution is -0.142. The first-order valence-electron chi connectivity index (χ1n) is 13.8. The molecule has 0 unspecified atom stereocenters. The van der Waals surface area contributed by atoms with Crippen molar-refractivity contribution in [3.63, 3.8) is 0 Å². The molecule has 0 heterocycles. The van der Waals surface area contributed by atoms with Crippen LogP contribution in [0.25, 0.3) is 11.1 Å². The van der Waals surface area contributed by atoms with Crippen LogP contribution in [0, 0.1) is 18.3 Å². The summed E-state index contributed by atoms with van der Waals surface area (Å²) < 4.78 is 4.96. The minimum atomic E-state index is -0.722. The molecule has 4 aromatic rings. The van der Waals surface area contributed by atoms with Crippen LogP contribution in [0.3, 0.4) is 0 Å². The zero-order chi connectivity index (χ0) is 29.9. The molecule has 0 saturated heterocycles. The van der Waals surface area contributed by atoms with Crippen LogP contribution in [0.1, 0.15) is 39.0 Å². The monoisotopic (exact) mass is 577 g/mol. The van der Waals surface area contributed by atoms with Gasteiger partial charge in [0.15, 0.2) is 0 Å². The molecule has 1 N–H and O–H groups in total. The Morgan fingerprint density at radius 3 is 2.24 bits per heavy atom. The van der Waals surface area contributed by atoms with Crippen LogP contribution in [0.2, 0.25) is 0 Å². The maximum absolute atomic E-state index is 13.6. The number of esters is 1. The fraction of sp³-hybridized carbons (Fsp3) is 0.229. The molecule has 0 aliphatic carbocycles. The van der Waals surface area contributed by atoms with E-state index in [1.54, 1.807) is 11.8 Å². The fourth-order valence-corrected chi connectivity index (χ4v) is 5.32. The molecule has 4 aromatic carbocycles. The third kappa shape index (κ3) is 7.80. The molecular formula is C35H35N3O3S. The van der Waals surface area contributed by atoms with Gasteiger partial charge in [-0.05, 0) is 89.6 Å². The summed E-state index contributed by atoms with van der Waals surface area (Å²) >= 11 is 1.61. The van der Waals surface area contributed by atoms with Gasteiger partial charge >= 0.3 is 5.97 Å². The van der Waals surface area contributed by atoms with E-state index in [4.69, 9.17) is 4.74 Å². The number of hydrogen-bond acceptors (Lipinski definition) is 6. The highest BCUT2D eigenvalue weighted by atomic mass is 32.2. The molecule has 1 atom stereocenters. The Morgan fingerprint density at radius 2 is 1.57 bits per heavy atom. The first-order valence-corrected chi connectivity index (χ1v) is 15.2. The second-order valence-electron chi connectivity index (χ2n) is 10.0. The van der Waals surface area contributed by atoms with E-state index in [1.807, 2.05) is 92.0 Å². The largest absolute Gasteiger partial charge is 0.467 e. The fourth-order valence-electron chi connectivity index (χ4n) is 4.85. The van der Waals surface area contributed by atoms with Crippen LogP contribution in [-0.2, 0) is 22.6 Å². The number of methoxy groups -OCH3 is 1. The van der Waals surface area contributed by atoms with Crippen LogP contribution >= 0.6 is 11.8 Å². The predicted octanol–water partition coefficient (Wildman–Crippen LogP) is 6.77. The zero-order valence-electron chi connectivity index (χ0n) is 24.2. The maximum Gasteiger partial charge on any atom is 0.328 e. The van der Waals surface area contributed by atoms with Gasteiger partial charge in [-0.3, -0.25) is 4.79 Å². The minimum Gasteiger partial charge on any atom is -0.467 e. The number of hydrogen-bond donors (Lipinski definition) is 1. The summed E-state index contributed by atoms with van der Waals surface area (Å²) in [6, 6.07) is 33.2. The number of carbonyl (C=O) groups is 2. The molecule has 42 heavy (non-hydrogen) atoms. The topological polar surface area (TPSA) is 82.4 Å². The molecule has 0 saturated carbocycles. The lowest BCUT2D eigenvalue weighted by Crippen LogP contribution is -2.42. The molecule has 4 rings (SSSR count). The molecule has 0 fully saturated rings. The second-order valence-corrected chi connectivity index (χ2v) is 11.0. The van der Waals surface area contributed by atoms with Gasteiger partial charge in [0.25, 0.3) is 5.91 Å². The van der Waals surface area contributed by atoms with Crippen molar-refractivity contribution in [2.75, 3.05) is 24.0 Å². The molecule has 1 amide bonds. The maximum atomic E-state index is 13.6. The summed E-state index contributed by atoms with van der Waals surface area (Å²) in [5.41, 5.74) is 7.14. The molecule has 6 nitrogen and oxygen atoms in total. The van der Waals surface area contributed by atoms with Crippen molar-refractivity contribution in [2.24, 2.45) is 0 Å². The van der Waals surface area contributed by atoms with Gasteiger partial charge < -0.3 is 15.0 Å². The first-order chi connectivity index (χ1) is 20.4. The summed E-state index contributed by atoms with van der Waals surface area (Å²) in [5.74, 6) is -0.0420. The molecular weight excluding hydrogens is 542 g/mol. The van der Waals surface area contributed by atoms with E-state index in [1.165, 1.54) is 7.11 Å². The average molecular weight is 578 g/mol. The number of anilines is 1. The molecule has 0 aliphatic rings. The number of amides is 1. The third-order valence-electron chi connectivity index (χ3n) is 7.12. The summed E-state index contributed by atoms with van der Waals surface area (Å²) in [6.07, 6.45) is 2.45. The molecule has 0 bridgehead atoms. The van der Waals surface area contributed by atoms with E-state index >= 15 is 0 Å². The van der Waals surface area contributed by atoms with Crippen molar-refractivity contribution >= 4 is 29.3 Å². The average Bonchev–Trinajstić information content (AvgIpc) is 3.03. The number of rotatable bonds is 12. The normalized spacial score (nSPS) is 11.3. The van der Waals surface area contributed by atoms with E-state index in [-0.39, 0.29) is 5.91 Å². The van der Waals surface area contributed by atoms with Crippen LogP contribution < -0.4 is 10.2 Å². The number of ether oxygens (including phenoxy) is 1. The predicted molar refractivity (Wildman–Crippen MR) is 170 cm³/mol. The van der Waals surface area contributed by atoms with Gasteiger partial charge in [0, 0.05) is 24.3 Å². The molecule has 0 radical (unpaired) electrons. The first kappa shape index (κ1) is 30.4. The highest BCUT2D eigenvalue weighted by Gasteiger charge is 2.24. The van der Waals surface area contributed by atoms with Crippen molar-refractivity contribution in [1.82, 2.24) is 5.32 Å². The Morgan fingerprint density at radius 1 is 0.905 bits per heavy atom. The minimum absolute atomic E-state index is 0.311. The lowest BCUT2D eigenvalue weighted by atomic mass is 9.93. The van der Waals surface area contributed by atoms with E-state index in [9.17, 15) is 14.9 Å². The summed E-state index contributed by atoms with van der Waals surface area (Å²) in [6.45, 7) is 3.28. The van der Waals surface area contributed by atoms with Crippen molar-refractivity contribution in [2.45, 2.75) is 32.5 Å². The molecule has 0 aromatic heterocycles. The number of nitriles is 1. The van der Waals surface area contributed by atoms with Crippen molar-refractivity contribution in [3.05, 3.63) is 125 Å². The Kier molecular flexibility index (Phi) is 10.8. The van der Waals surface area contributed by atoms with E-state index < -0.39 is 12.0 Å².